The molecule has 0 bridgehead atoms. The van der Waals surface area contributed by atoms with Gasteiger partial charge in [-0.2, -0.15) is 5.10 Å². The van der Waals surface area contributed by atoms with Crippen molar-refractivity contribution in [1.29, 1.82) is 0 Å². The SMILES string of the molecule is CCOc1ccc(C(C)NC(=O)CCn2c(-c3ccc(C)cc3)n[nH]c2=S)cc1OCC. The van der Waals surface area contributed by atoms with Crippen LogP contribution in [0.2, 0.25) is 0 Å². The maximum absolute atomic E-state index is 12.7. The first kappa shape index (κ1) is 23.5. The Morgan fingerprint density at radius 2 is 1.81 bits per heavy atom. The molecule has 2 N–H and O–H groups in total. The molecule has 0 aliphatic rings. The fourth-order valence-electron chi connectivity index (χ4n) is 3.40. The van der Waals surface area contributed by atoms with Gasteiger partial charge in [0.2, 0.25) is 5.91 Å². The van der Waals surface area contributed by atoms with Crippen LogP contribution in [0.1, 0.15) is 44.4 Å². The maximum Gasteiger partial charge on any atom is 0.222 e. The fraction of sp³-hybridized carbons (Fsp3) is 0.375. The molecule has 1 heterocycles. The van der Waals surface area contributed by atoms with E-state index in [1.165, 1.54) is 5.56 Å². The van der Waals surface area contributed by atoms with Crippen LogP contribution in [-0.2, 0) is 11.3 Å². The van der Waals surface area contributed by atoms with Crippen LogP contribution in [0.4, 0.5) is 0 Å². The smallest absolute Gasteiger partial charge is 0.222 e. The Morgan fingerprint density at radius 1 is 1.12 bits per heavy atom. The van der Waals surface area contributed by atoms with Gasteiger partial charge >= 0.3 is 0 Å². The van der Waals surface area contributed by atoms with Crippen LogP contribution in [-0.4, -0.2) is 33.9 Å². The Morgan fingerprint density at radius 3 is 2.50 bits per heavy atom. The molecule has 1 aromatic heterocycles. The number of aromatic nitrogens is 3. The lowest BCUT2D eigenvalue weighted by molar-refractivity contribution is -0.121. The number of aryl methyl sites for hydroxylation is 1. The number of carbonyl (C=O) groups excluding carboxylic acids is 1. The van der Waals surface area contributed by atoms with Gasteiger partial charge in [-0.15, -0.1) is 0 Å². The van der Waals surface area contributed by atoms with Gasteiger partial charge < -0.3 is 14.8 Å². The van der Waals surface area contributed by atoms with Gasteiger partial charge in [-0.1, -0.05) is 35.9 Å². The van der Waals surface area contributed by atoms with E-state index in [0.717, 1.165) is 17.0 Å². The lowest BCUT2D eigenvalue weighted by Crippen LogP contribution is -2.27. The van der Waals surface area contributed by atoms with Crippen LogP contribution in [0, 0.1) is 11.7 Å². The van der Waals surface area contributed by atoms with Crippen molar-refractivity contribution in [3.05, 3.63) is 58.4 Å². The van der Waals surface area contributed by atoms with Crippen LogP contribution < -0.4 is 14.8 Å². The highest BCUT2D eigenvalue weighted by Crippen LogP contribution is 2.30. The summed E-state index contributed by atoms with van der Waals surface area (Å²) in [4.78, 5) is 12.7. The van der Waals surface area contributed by atoms with Crippen LogP contribution in [0.15, 0.2) is 42.5 Å². The summed E-state index contributed by atoms with van der Waals surface area (Å²) in [6.07, 6.45) is 0.284. The van der Waals surface area contributed by atoms with Crippen molar-refractivity contribution in [2.24, 2.45) is 0 Å². The molecular weight excluding hydrogens is 424 g/mol. The lowest BCUT2D eigenvalue weighted by atomic mass is 10.1. The minimum Gasteiger partial charge on any atom is -0.490 e. The molecule has 1 atom stereocenters. The quantitative estimate of drug-likeness (QED) is 0.422. The molecule has 1 unspecified atom stereocenters. The third-order valence-corrected chi connectivity index (χ3v) is 5.39. The summed E-state index contributed by atoms with van der Waals surface area (Å²) in [6, 6.07) is 13.6. The second kappa shape index (κ2) is 10.9. The molecule has 7 nitrogen and oxygen atoms in total. The molecule has 1 amide bonds. The van der Waals surface area contributed by atoms with Gasteiger partial charge in [0.1, 0.15) is 0 Å². The molecule has 0 saturated carbocycles. The Labute approximate surface area is 193 Å². The number of carbonyl (C=O) groups is 1. The first-order chi connectivity index (χ1) is 15.4. The third kappa shape index (κ3) is 5.76. The summed E-state index contributed by atoms with van der Waals surface area (Å²) in [5.74, 6) is 2.04. The molecule has 8 heteroatoms. The number of hydrogen-bond acceptors (Lipinski definition) is 5. The minimum atomic E-state index is -0.175. The van der Waals surface area contributed by atoms with Gasteiger partial charge in [0.15, 0.2) is 22.1 Å². The highest BCUT2D eigenvalue weighted by Gasteiger charge is 2.15. The van der Waals surface area contributed by atoms with E-state index in [-0.39, 0.29) is 18.4 Å². The Balaban J connectivity index is 1.66. The van der Waals surface area contributed by atoms with E-state index in [1.54, 1.807) is 0 Å². The predicted molar refractivity (Wildman–Crippen MR) is 128 cm³/mol. The Kier molecular flexibility index (Phi) is 8.05. The molecule has 0 aliphatic heterocycles. The monoisotopic (exact) mass is 454 g/mol. The molecular formula is C24H30N4O3S. The standard InChI is InChI=1S/C24H30N4O3S/c1-5-30-20-12-11-19(15-21(20)31-6-2)17(4)25-22(29)13-14-28-23(26-27-24(28)32)18-9-7-16(3)8-10-18/h7-12,15,17H,5-6,13-14H2,1-4H3,(H,25,29)(H,27,32). The van der Waals surface area contributed by atoms with E-state index in [1.807, 2.05) is 74.7 Å². The largest absolute Gasteiger partial charge is 0.490 e. The summed E-state index contributed by atoms with van der Waals surface area (Å²) in [5.41, 5.74) is 3.07. The van der Waals surface area contributed by atoms with Crippen molar-refractivity contribution in [3.63, 3.8) is 0 Å². The zero-order chi connectivity index (χ0) is 23.1. The Hall–Kier alpha value is -3.13. The topological polar surface area (TPSA) is 81.2 Å². The predicted octanol–water partition coefficient (Wildman–Crippen LogP) is 4.98. The molecule has 0 fully saturated rings. The van der Waals surface area contributed by atoms with Crippen molar-refractivity contribution in [2.75, 3.05) is 13.2 Å². The van der Waals surface area contributed by atoms with Crippen LogP contribution in [0.5, 0.6) is 11.5 Å². The van der Waals surface area contributed by atoms with Crippen molar-refractivity contribution >= 4 is 18.1 Å². The number of hydrogen-bond donors (Lipinski definition) is 2. The van der Waals surface area contributed by atoms with E-state index in [4.69, 9.17) is 21.7 Å². The third-order valence-electron chi connectivity index (χ3n) is 5.08. The second-order valence-corrected chi connectivity index (χ2v) is 7.87. The zero-order valence-corrected chi connectivity index (χ0v) is 19.8. The highest BCUT2D eigenvalue weighted by atomic mass is 32.1. The number of rotatable bonds is 10. The summed E-state index contributed by atoms with van der Waals surface area (Å²) >= 11 is 5.38. The molecule has 32 heavy (non-hydrogen) atoms. The summed E-state index contributed by atoms with van der Waals surface area (Å²) < 4.78 is 13.7. The van der Waals surface area contributed by atoms with Crippen molar-refractivity contribution in [1.82, 2.24) is 20.1 Å². The molecule has 0 radical (unpaired) electrons. The lowest BCUT2D eigenvalue weighted by Gasteiger charge is -2.18. The zero-order valence-electron chi connectivity index (χ0n) is 19.0. The number of H-pyrrole nitrogens is 1. The van der Waals surface area contributed by atoms with Gasteiger partial charge in [-0.05, 0) is 57.6 Å². The minimum absolute atomic E-state index is 0.0673. The molecule has 170 valence electrons. The fourth-order valence-corrected chi connectivity index (χ4v) is 3.62. The van der Waals surface area contributed by atoms with Gasteiger partial charge in [0.05, 0.1) is 19.3 Å². The normalized spacial score (nSPS) is 11.8. The van der Waals surface area contributed by atoms with Crippen LogP contribution in [0.25, 0.3) is 11.4 Å². The highest BCUT2D eigenvalue weighted by molar-refractivity contribution is 7.71. The second-order valence-electron chi connectivity index (χ2n) is 7.48. The first-order valence-corrected chi connectivity index (χ1v) is 11.2. The molecule has 3 aromatic rings. The van der Waals surface area contributed by atoms with Gasteiger partial charge in [0.25, 0.3) is 0 Å². The van der Waals surface area contributed by atoms with E-state index in [9.17, 15) is 4.79 Å². The number of ether oxygens (including phenoxy) is 2. The van der Waals surface area contributed by atoms with E-state index in [2.05, 4.69) is 15.5 Å². The summed E-state index contributed by atoms with van der Waals surface area (Å²) in [7, 11) is 0. The number of benzene rings is 2. The van der Waals surface area contributed by atoms with E-state index >= 15 is 0 Å². The van der Waals surface area contributed by atoms with Gasteiger partial charge in [-0.3, -0.25) is 14.5 Å². The maximum atomic E-state index is 12.7. The van der Waals surface area contributed by atoms with E-state index < -0.39 is 0 Å². The van der Waals surface area contributed by atoms with E-state index in [0.29, 0.717) is 36.0 Å². The molecule has 2 aromatic carbocycles. The first-order valence-electron chi connectivity index (χ1n) is 10.8. The average Bonchev–Trinajstić information content (AvgIpc) is 3.14. The molecule has 0 spiro atoms. The molecule has 0 saturated heterocycles. The number of nitrogens with zero attached hydrogens (tertiary/aromatic N) is 2. The Bertz CT molecular complexity index is 1110. The van der Waals surface area contributed by atoms with Crippen molar-refractivity contribution < 1.29 is 14.3 Å². The number of aromatic amines is 1. The number of nitrogens with one attached hydrogen (secondary N) is 2. The number of amides is 1. The average molecular weight is 455 g/mol. The molecule has 0 aliphatic carbocycles. The van der Waals surface area contributed by atoms with Gasteiger partial charge in [-0.25, -0.2) is 0 Å². The molecule has 3 rings (SSSR count). The summed E-state index contributed by atoms with van der Waals surface area (Å²) in [5, 5.41) is 10.2. The van der Waals surface area contributed by atoms with Crippen LogP contribution >= 0.6 is 12.2 Å². The van der Waals surface area contributed by atoms with Crippen molar-refractivity contribution in [2.45, 2.75) is 46.7 Å². The van der Waals surface area contributed by atoms with Crippen molar-refractivity contribution in [3.8, 4) is 22.9 Å². The van der Waals surface area contributed by atoms with Gasteiger partial charge in [0, 0.05) is 18.5 Å². The van der Waals surface area contributed by atoms with Crippen LogP contribution in [0.3, 0.4) is 0 Å². The summed E-state index contributed by atoms with van der Waals surface area (Å²) in [6.45, 7) is 9.39.